The fourth-order valence-corrected chi connectivity index (χ4v) is 7.01. The van der Waals surface area contributed by atoms with E-state index in [9.17, 15) is 8.42 Å². The van der Waals surface area contributed by atoms with Crippen LogP contribution in [0.4, 0.5) is 0 Å². The van der Waals surface area contributed by atoms with Crippen LogP contribution in [0.2, 0.25) is 0 Å². The summed E-state index contributed by atoms with van der Waals surface area (Å²) in [6.07, 6.45) is 0.897. The van der Waals surface area contributed by atoms with E-state index in [1.54, 1.807) is 24.3 Å². The first-order valence-electron chi connectivity index (χ1n) is 15.0. The quantitative estimate of drug-likeness (QED) is 0.139. The maximum absolute atomic E-state index is 14.6. The van der Waals surface area contributed by atoms with Crippen molar-refractivity contribution < 1.29 is 17.9 Å². The van der Waals surface area contributed by atoms with Crippen LogP contribution < -0.4 is 9.47 Å². The molecule has 0 amide bonds. The second-order valence-corrected chi connectivity index (χ2v) is 12.8. The maximum atomic E-state index is 14.6. The zero-order valence-corrected chi connectivity index (χ0v) is 25.7. The van der Waals surface area contributed by atoms with Crippen molar-refractivity contribution in [2.75, 3.05) is 0 Å². The van der Waals surface area contributed by atoms with Gasteiger partial charge in [0, 0.05) is 0 Å². The number of rotatable bonds is 12. The summed E-state index contributed by atoms with van der Waals surface area (Å²) in [7, 11) is -3.92. The average Bonchev–Trinajstić information content (AvgIpc) is 3.08. The van der Waals surface area contributed by atoms with E-state index in [0.717, 1.165) is 22.3 Å². The smallest absolute Gasteiger partial charge is 0.207 e. The third-order valence-corrected chi connectivity index (χ3v) is 9.57. The lowest BCUT2D eigenvalue weighted by molar-refractivity contribution is 0.305. The normalized spacial score (nSPS) is 11.2. The molecule has 0 saturated heterocycles. The molecule has 6 aromatic rings. The van der Waals surface area contributed by atoms with Crippen LogP contribution in [-0.4, -0.2) is 8.42 Å². The van der Waals surface area contributed by atoms with Gasteiger partial charge in [-0.05, 0) is 82.6 Å². The highest BCUT2D eigenvalue weighted by atomic mass is 32.2. The molecule has 224 valence electrons. The Hall–Kier alpha value is -5.13. The summed E-state index contributed by atoms with van der Waals surface area (Å²) in [5.74, 6) is 1.25. The summed E-state index contributed by atoms with van der Waals surface area (Å²) >= 11 is 0. The highest BCUT2D eigenvalue weighted by Gasteiger charge is 2.26. The number of sulfone groups is 1. The van der Waals surface area contributed by atoms with Crippen LogP contribution in [-0.2, 0) is 35.9 Å². The summed E-state index contributed by atoms with van der Waals surface area (Å²) in [6, 6.07) is 50.2. The van der Waals surface area contributed by atoms with Crippen molar-refractivity contribution >= 4 is 9.84 Å². The molecule has 0 aliphatic heterocycles. The minimum Gasteiger partial charge on any atom is -0.489 e. The Kier molecular flexibility index (Phi) is 9.38. The third kappa shape index (κ3) is 7.69. The van der Waals surface area contributed by atoms with Gasteiger partial charge < -0.3 is 9.47 Å². The van der Waals surface area contributed by atoms with Gasteiger partial charge in [-0.3, -0.25) is 0 Å². The maximum Gasteiger partial charge on any atom is 0.207 e. The van der Waals surface area contributed by atoms with E-state index < -0.39 is 9.84 Å². The lowest BCUT2D eigenvalue weighted by Crippen LogP contribution is -2.10. The first-order valence-corrected chi connectivity index (χ1v) is 16.5. The molecule has 4 nitrogen and oxygen atoms in total. The summed E-state index contributed by atoms with van der Waals surface area (Å²) in [4.78, 5) is 0.538. The number of ether oxygens (including phenoxy) is 2. The molecular formula is C40H34O4S. The van der Waals surface area contributed by atoms with Crippen molar-refractivity contribution in [2.45, 2.75) is 35.8 Å². The molecule has 45 heavy (non-hydrogen) atoms. The molecule has 0 heterocycles. The van der Waals surface area contributed by atoms with Crippen molar-refractivity contribution in [3.8, 4) is 11.5 Å². The van der Waals surface area contributed by atoms with Crippen LogP contribution in [0.15, 0.2) is 168 Å². The number of hydrogen-bond donors (Lipinski definition) is 0. The van der Waals surface area contributed by atoms with Crippen LogP contribution in [0.3, 0.4) is 0 Å². The van der Waals surface area contributed by atoms with Gasteiger partial charge in [-0.1, -0.05) is 121 Å². The fraction of sp³-hybridized carbons (Fsp3) is 0.100. The number of hydrogen-bond acceptors (Lipinski definition) is 4. The summed E-state index contributed by atoms with van der Waals surface area (Å²) < 4.78 is 41.3. The SMILES string of the molecule is O=S(=O)(c1ccc(OCc2ccccc2)cc1Cc1ccccc1)c1ccc(OCc2ccccc2)cc1Cc1ccccc1. The molecule has 0 aliphatic carbocycles. The Morgan fingerprint density at radius 1 is 0.400 bits per heavy atom. The van der Waals surface area contributed by atoms with Crippen LogP contribution in [0.25, 0.3) is 0 Å². The van der Waals surface area contributed by atoms with Crippen molar-refractivity contribution in [1.29, 1.82) is 0 Å². The van der Waals surface area contributed by atoms with Crippen LogP contribution in [0.5, 0.6) is 11.5 Å². The molecule has 0 spiro atoms. The molecule has 0 aromatic heterocycles. The zero-order chi connectivity index (χ0) is 30.9. The third-order valence-electron chi connectivity index (χ3n) is 7.61. The van der Waals surface area contributed by atoms with E-state index in [1.165, 1.54) is 0 Å². The van der Waals surface area contributed by atoms with Crippen LogP contribution >= 0.6 is 0 Å². The largest absolute Gasteiger partial charge is 0.489 e. The molecular weight excluding hydrogens is 577 g/mol. The fourth-order valence-electron chi connectivity index (χ4n) is 5.32. The Morgan fingerprint density at radius 2 is 0.733 bits per heavy atom. The Labute approximate surface area is 265 Å². The highest BCUT2D eigenvalue weighted by Crippen LogP contribution is 2.34. The molecule has 0 atom stereocenters. The van der Waals surface area contributed by atoms with E-state index in [0.29, 0.717) is 48.7 Å². The van der Waals surface area contributed by atoms with E-state index in [2.05, 4.69) is 0 Å². The van der Waals surface area contributed by atoms with Gasteiger partial charge in [-0.2, -0.15) is 0 Å². The van der Waals surface area contributed by atoms with Gasteiger partial charge in [0.05, 0.1) is 9.79 Å². The van der Waals surface area contributed by atoms with Crippen molar-refractivity contribution in [1.82, 2.24) is 0 Å². The molecule has 0 fully saturated rings. The Balaban J connectivity index is 1.37. The minimum absolute atomic E-state index is 0.269. The first kappa shape index (κ1) is 29.9. The van der Waals surface area contributed by atoms with Gasteiger partial charge in [-0.25, -0.2) is 8.42 Å². The van der Waals surface area contributed by atoms with E-state index in [1.807, 2.05) is 133 Å². The monoisotopic (exact) mass is 610 g/mol. The predicted molar refractivity (Wildman–Crippen MR) is 178 cm³/mol. The van der Waals surface area contributed by atoms with Gasteiger partial charge in [0.2, 0.25) is 9.84 Å². The van der Waals surface area contributed by atoms with Crippen molar-refractivity contribution in [2.24, 2.45) is 0 Å². The van der Waals surface area contributed by atoms with Crippen LogP contribution in [0, 0.1) is 0 Å². The molecule has 0 unspecified atom stereocenters. The molecule has 0 N–H and O–H groups in total. The summed E-state index contributed by atoms with van der Waals surface area (Å²) in [5.41, 5.74) is 5.48. The first-order chi connectivity index (χ1) is 22.0. The van der Waals surface area contributed by atoms with E-state index in [-0.39, 0.29) is 9.79 Å². The van der Waals surface area contributed by atoms with Gasteiger partial charge >= 0.3 is 0 Å². The molecule has 5 heteroatoms. The molecule has 0 radical (unpaired) electrons. The van der Waals surface area contributed by atoms with Crippen LogP contribution in [0.1, 0.15) is 33.4 Å². The summed E-state index contributed by atoms with van der Waals surface area (Å²) in [6.45, 7) is 0.784. The molecule has 0 bridgehead atoms. The molecule has 0 saturated carbocycles. The molecule has 6 rings (SSSR count). The van der Waals surface area contributed by atoms with E-state index in [4.69, 9.17) is 9.47 Å². The zero-order valence-electron chi connectivity index (χ0n) is 24.9. The second-order valence-electron chi connectivity index (χ2n) is 10.9. The van der Waals surface area contributed by atoms with Crippen molar-refractivity contribution in [3.05, 3.63) is 191 Å². The van der Waals surface area contributed by atoms with Gasteiger partial charge in [0.1, 0.15) is 24.7 Å². The Morgan fingerprint density at radius 3 is 1.09 bits per heavy atom. The lowest BCUT2D eigenvalue weighted by atomic mass is 10.0. The lowest BCUT2D eigenvalue weighted by Gasteiger charge is -2.17. The van der Waals surface area contributed by atoms with Gasteiger partial charge in [0.15, 0.2) is 0 Å². The highest BCUT2D eigenvalue weighted by molar-refractivity contribution is 7.91. The van der Waals surface area contributed by atoms with Gasteiger partial charge in [-0.15, -0.1) is 0 Å². The second kappa shape index (κ2) is 14.1. The molecule has 6 aromatic carbocycles. The van der Waals surface area contributed by atoms with Gasteiger partial charge in [0.25, 0.3) is 0 Å². The summed E-state index contributed by atoms with van der Waals surface area (Å²) in [5, 5.41) is 0. The Bertz CT molecular complexity index is 1800. The topological polar surface area (TPSA) is 52.6 Å². The minimum atomic E-state index is -3.92. The number of benzene rings is 6. The average molecular weight is 611 g/mol. The standard InChI is InChI=1S/C40H34O4S/c41-45(42,39-23-21-37(43-29-33-17-9-3-10-18-33)27-35(39)25-31-13-5-1-6-14-31)40-24-22-38(44-30-34-19-11-4-12-20-34)28-36(40)26-32-15-7-2-8-16-32/h1-24,27-28H,25-26,29-30H2. The predicted octanol–water partition coefficient (Wildman–Crippen LogP) is 8.86. The van der Waals surface area contributed by atoms with E-state index >= 15 is 0 Å². The van der Waals surface area contributed by atoms with Crippen molar-refractivity contribution in [3.63, 3.8) is 0 Å². The molecule has 0 aliphatic rings.